The predicted octanol–water partition coefficient (Wildman–Crippen LogP) is 9.30. The Labute approximate surface area is 247 Å². The van der Waals surface area contributed by atoms with Crippen LogP contribution in [0.3, 0.4) is 0 Å². The minimum absolute atomic E-state index is 0.0280. The summed E-state index contributed by atoms with van der Waals surface area (Å²) in [4.78, 5) is 0. The molecule has 3 nitrogen and oxygen atoms in total. The van der Waals surface area contributed by atoms with E-state index >= 15 is 0 Å². The lowest BCUT2D eigenvalue weighted by atomic mass is 9.79. The molecule has 0 amide bonds. The van der Waals surface area contributed by atoms with Crippen molar-refractivity contribution in [2.75, 3.05) is 6.16 Å². The second-order valence-electron chi connectivity index (χ2n) is 14.6. The summed E-state index contributed by atoms with van der Waals surface area (Å²) < 4.78 is 29.0. The summed E-state index contributed by atoms with van der Waals surface area (Å²) in [5.41, 5.74) is 2.16. The van der Waals surface area contributed by atoms with Crippen LogP contribution in [-0.4, -0.2) is 35.0 Å². The summed E-state index contributed by atoms with van der Waals surface area (Å²) in [5, 5.41) is 1.96. The first-order valence-electron chi connectivity index (χ1n) is 14.7. The van der Waals surface area contributed by atoms with E-state index in [4.69, 9.17) is 8.85 Å². The van der Waals surface area contributed by atoms with Gasteiger partial charge < -0.3 is 13.4 Å². The third-order valence-corrected chi connectivity index (χ3v) is 21.6. The van der Waals surface area contributed by atoms with Gasteiger partial charge in [-0.1, -0.05) is 122 Å². The van der Waals surface area contributed by atoms with Gasteiger partial charge in [0.15, 0.2) is 16.6 Å². The van der Waals surface area contributed by atoms with E-state index < -0.39 is 23.8 Å². The van der Waals surface area contributed by atoms with Gasteiger partial charge in [0.25, 0.3) is 0 Å². The van der Waals surface area contributed by atoms with Crippen LogP contribution in [0.25, 0.3) is 0 Å². The summed E-state index contributed by atoms with van der Waals surface area (Å²) >= 11 is 0. The molecule has 0 N–H and O–H groups in total. The fourth-order valence-electron chi connectivity index (χ4n) is 4.76. The van der Waals surface area contributed by atoms with E-state index in [1.807, 2.05) is 60.7 Å². The highest BCUT2D eigenvalue weighted by molar-refractivity contribution is 7.78. The Morgan fingerprint density at radius 3 is 1.68 bits per heavy atom. The van der Waals surface area contributed by atoms with Crippen LogP contribution in [0.5, 0.6) is 0 Å². The Bertz CT molecular complexity index is 1190. The molecule has 40 heavy (non-hydrogen) atoms. The fraction of sp³-hybridized carbons (Fsp3) is 0.529. The predicted molar refractivity (Wildman–Crippen MR) is 180 cm³/mol. The number of hydrogen-bond donors (Lipinski definition) is 0. The van der Waals surface area contributed by atoms with Crippen molar-refractivity contribution in [1.82, 2.24) is 0 Å². The maximum Gasteiger partial charge on any atom is 0.192 e. The molecule has 3 atom stereocenters. The monoisotopic (exact) mass is 596 g/mol. The van der Waals surface area contributed by atoms with Crippen molar-refractivity contribution in [2.45, 2.75) is 103 Å². The lowest BCUT2D eigenvalue weighted by molar-refractivity contribution is 0.0406. The molecular formula is C34H53O3PSi2. The van der Waals surface area contributed by atoms with Crippen molar-refractivity contribution in [3.8, 4) is 0 Å². The van der Waals surface area contributed by atoms with Gasteiger partial charge in [0.2, 0.25) is 0 Å². The van der Waals surface area contributed by atoms with Gasteiger partial charge in [0.1, 0.15) is 7.14 Å². The van der Waals surface area contributed by atoms with E-state index in [2.05, 4.69) is 87.3 Å². The minimum Gasteiger partial charge on any atom is -0.413 e. The first kappa shape index (κ1) is 33.0. The van der Waals surface area contributed by atoms with E-state index in [-0.39, 0.29) is 28.2 Å². The van der Waals surface area contributed by atoms with Crippen molar-refractivity contribution in [2.24, 2.45) is 5.92 Å². The van der Waals surface area contributed by atoms with Gasteiger partial charge in [-0.25, -0.2) is 0 Å². The fourth-order valence-corrected chi connectivity index (χ4v) is 10.0. The highest BCUT2D eigenvalue weighted by atomic mass is 31.2. The highest BCUT2D eigenvalue weighted by Gasteiger charge is 2.47. The standard InChI is InChI=1S/C34H53O3PSi2/c1-26-28(23-24-38(35,29-19-15-13-16-20-29)30-21-17-14-18-22-30)25-31(36-39(9,10)33(3,4)5)27(2)32(26)37-40(11,12)34(6,7)8/h13-23,27,31-32H,1,24-25H2,2-12H3/b28-23-/t27-,31-,32+/m0/s1. The third-order valence-electron chi connectivity index (χ3n) is 9.66. The molecule has 0 spiro atoms. The van der Waals surface area contributed by atoms with Gasteiger partial charge in [0, 0.05) is 22.7 Å². The zero-order valence-corrected chi connectivity index (χ0v) is 29.8. The summed E-state index contributed by atoms with van der Waals surface area (Å²) in [6, 6.07) is 19.9. The lowest BCUT2D eigenvalue weighted by Crippen LogP contribution is -2.53. The summed E-state index contributed by atoms with van der Waals surface area (Å²) in [7, 11) is -7.00. The Hall–Kier alpha value is -1.50. The largest absolute Gasteiger partial charge is 0.413 e. The second-order valence-corrected chi connectivity index (χ2v) is 27.0. The normalized spacial score (nSPS) is 22.5. The molecule has 2 aromatic rings. The molecule has 6 heteroatoms. The van der Waals surface area contributed by atoms with Crippen LogP contribution in [0, 0.1) is 5.92 Å². The quantitative estimate of drug-likeness (QED) is 0.225. The molecule has 1 saturated carbocycles. The first-order chi connectivity index (χ1) is 18.3. The topological polar surface area (TPSA) is 35.5 Å². The summed E-state index contributed by atoms with van der Waals surface area (Å²) in [6.07, 6.45) is 3.32. The van der Waals surface area contributed by atoms with E-state index in [1.165, 1.54) is 0 Å². The number of rotatable bonds is 8. The number of hydrogen-bond acceptors (Lipinski definition) is 3. The van der Waals surface area contributed by atoms with Gasteiger partial charge in [-0.2, -0.15) is 0 Å². The van der Waals surface area contributed by atoms with Gasteiger partial charge in [0.05, 0.1) is 12.2 Å². The van der Waals surface area contributed by atoms with Gasteiger partial charge in [-0.05, 0) is 53.8 Å². The molecular weight excluding hydrogens is 544 g/mol. The van der Waals surface area contributed by atoms with E-state index in [0.29, 0.717) is 6.16 Å². The summed E-state index contributed by atoms with van der Waals surface area (Å²) in [5.74, 6) is 0.183. The lowest BCUT2D eigenvalue weighted by Gasteiger charge is -2.48. The molecule has 0 heterocycles. The van der Waals surface area contributed by atoms with Crippen LogP contribution in [0.1, 0.15) is 54.9 Å². The molecule has 2 aromatic carbocycles. The molecule has 0 aliphatic heterocycles. The molecule has 0 aromatic heterocycles. The number of allylic oxidation sites excluding steroid dienone is 1. The number of benzene rings is 2. The third kappa shape index (κ3) is 7.10. The molecule has 1 fully saturated rings. The first-order valence-corrected chi connectivity index (χ1v) is 22.5. The van der Waals surface area contributed by atoms with Gasteiger partial charge in [-0.15, -0.1) is 0 Å². The van der Waals surface area contributed by atoms with Crippen LogP contribution in [0.2, 0.25) is 36.3 Å². The van der Waals surface area contributed by atoms with E-state index in [0.717, 1.165) is 28.2 Å². The van der Waals surface area contributed by atoms with Crippen LogP contribution >= 0.6 is 7.14 Å². The molecule has 220 valence electrons. The zero-order valence-electron chi connectivity index (χ0n) is 26.9. The van der Waals surface area contributed by atoms with Crippen molar-refractivity contribution in [1.29, 1.82) is 0 Å². The maximum atomic E-state index is 14.8. The van der Waals surface area contributed by atoms with Crippen LogP contribution in [0.15, 0.2) is 84.5 Å². The van der Waals surface area contributed by atoms with Crippen molar-refractivity contribution in [3.63, 3.8) is 0 Å². The average Bonchev–Trinajstić information content (AvgIpc) is 2.87. The molecule has 1 aliphatic rings. The minimum atomic E-state index is -2.89. The second kappa shape index (κ2) is 12.0. The molecule has 0 unspecified atom stereocenters. The summed E-state index contributed by atoms with van der Waals surface area (Å²) in [6.45, 7) is 29.9. The van der Waals surface area contributed by atoms with E-state index in [1.54, 1.807) is 0 Å². The van der Waals surface area contributed by atoms with Crippen LogP contribution in [0.4, 0.5) is 0 Å². The smallest absolute Gasteiger partial charge is 0.192 e. The van der Waals surface area contributed by atoms with E-state index in [9.17, 15) is 4.57 Å². The van der Waals surface area contributed by atoms with Crippen LogP contribution in [-0.2, 0) is 13.4 Å². The Morgan fingerprint density at radius 2 is 1.25 bits per heavy atom. The molecule has 3 rings (SSSR count). The molecule has 0 bridgehead atoms. The zero-order chi connectivity index (χ0) is 30.1. The maximum absolute atomic E-state index is 14.8. The van der Waals surface area contributed by atoms with Crippen molar-refractivity contribution in [3.05, 3.63) is 84.5 Å². The van der Waals surface area contributed by atoms with Crippen LogP contribution < -0.4 is 10.6 Å². The van der Waals surface area contributed by atoms with Gasteiger partial charge >= 0.3 is 0 Å². The van der Waals surface area contributed by atoms with Gasteiger partial charge in [-0.3, -0.25) is 0 Å². The highest BCUT2D eigenvalue weighted by Crippen LogP contribution is 2.48. The Morgan fingerprint density at radius 1 is 0.825 bits per heavy atom. The molecule has 0 radical (unpaired) electrons. The molecule has 1 aliphatic carbocycles. The average molecular weight is 597 g/mol. The van der Waals surface area contributed by atoms with Crippen molar-refractivity contribution < 1.29 is 13.4 Å². The SMILES string of the molecule is C=C1/C(=C\CP(=O)(c2ccccc2)c2ccccc2)C[C@H](O[Si](C)(C)C(C)(C)C)[C@H](C)[C@@H]1O[Si](C)(C)C(C)(C)C. The Kier molecular flexibility index (Phi) is 9.91. The Balaban J connectivity index is 2.06. The molecule has 0 saturated heterocycles. The van der Waals surface area contributed by atoms with Crippen molar-refractivity contribution >= 4 is 34.4 Å².